The fraction of sp³-hybridized carbons (Fsp3) is 0.0714. The zero-order chi connectivity index (χ0) is 14.7. The van der Waals surface area contributed by atoms with Crippen molar-refractivity contribution < 1.29 is 23.4 Å². The van der Waals surface area contributed by atoms with Crippen molar-refractivity contribution in [1.29, 1.82) is 0 Å². The predicted molar refractivity (Wildman–Crippen MR) is 69.0 cm³/mol. The summed E-state index contributed by atoms with van der Waals surface area (Å²) in [6.07, 6.45) is 0. The van der Waals surface area contributed by atoms with Crippen molar-refractivity contribution in [2.75, 3.05) is 12.4 Å². The molecule has 0 aliphatic rings. The Hall–Kier alpha value is -2.63. The zero-order valence-corrected chi connectivity index (χ0v) is 10.5. The van der Waals surface area contributed by atoms with Crippen molar-refractivity contribution in [2.24, 2.45) is 0 Å². The van der Waals surface area contributed by atoms with E-state index in [-0.39, 0.29) is 17.1 Å². The number of benzene rings is 2. The third kappa shape index (κ3) is 2.69. The number of nitrogens with one attached hydrogen (secondary N) is 1. The second kappa shape index (κ2) is 5.56. The van der Waals surface area contributed by atoms with Crippen LogP contribution in [0.5, 0.6) is 11.5 Å². The molecule has 0 aromatic heterocycles. The highest BCUT2D eigenvalue weighted by molar-refractivity contribution is 6.04. The maximum absolute atomic E-state index is 13.4. The van der Waals surface area contributed by atoms with E-state index in [0.717, 1.165) is 12.1 Å². The van der Waals surface area contributed by atoms with Gasteiger partial charge < -0.3 is 15.2 Å². The number of phenols is 1. The number of anilines is 1. The quantitative estimate of drug-likeness (QED) is 0.908. The first-order valence-electron chi connectivity index (χ1n) is 5.65. The molecule has 6 heteroatoms. The van der Waals surface area contributed by atoms with Crippen LogP contribution in [-0.2, 0) is 0 Å². The topological polar surface area (TPSA) is 58.6 Å². The van der Waals surface area contributed by atoms with E-state index in [1.54, 1.807) is 0 Å². The van der Waals surface area contributed by atoms with E-state index in [0.29, 0.717) is 0 Å². The number of carbonyl (C=O) groups excluding carboxylic acids is 1. The average molecular weight is 279 g/mol. The van der Waals surface area contributed by atoms with Crippen molar-refractivity contribution in [1.82, 2.24) is 0 Å². The first-order valence-corrected chi connectivity index (χ1v) is 5.65. The summed E-state index contributed by atoms with van der Waals surface area (Å²) in [7, 11) is 1.33. The van der Waals surface area contributed by atoms with Gasteiger partial charge in [-0.15, -0.1) is 0 Å². The van der Waals surface area contributed by atoms with Gasteiger partial charge in [0.2, 0.25) is 0 Å². The minimum Gasteiger partial charge on any atom is -0.504 e. The summed E-state index contributed by atoms with van der Waals surface area (Å²) in [5.41, 5.74) is -0.424. The third-order valence-corrected chi connectivity index (χ3v) is 2.64. The average Bonchev–Trinajstić information content (AvgIpc) is 2.43. The molecular weight excluding hydrogens is 268 g/mol. The highest BCUT2D eigenvalue weighted by atomic mass is 19.1. The maximum atomic E-state index is 13.4. The zero-order valence-electron chi connectivity index (χ0n) is 10.5. The molecule has 0 radical (unpaired) electrons. The number of aromatic hydroxyl groups is 1. The lowest BCUT2D eigenvalue weighted by Gasteiger charge is -2.09. The normalized spacial score (nSPS) is 10.2. The number of amides is 1. The molecule has 0 atom stereocenters. The van der Waals surface area contributed by atoms with Crippen molar-refractivity contribution in [3.8, 4) is 11.5 Å². The number of rotatable bonds is 3. The molecule has 0 saturated carbocycles. The van der Waals surface area contributed by atoms with Crippen LogP contribution >= 0.6 is 0 Å². The molecule has 0 saturated heterocycles. The Balaban J connectivity index is 2.29. The van der Waals surface area contributed by atoms with Gasteiger partial charge >= 0.3 is 0 Å². The van der Waals surface area contributed by atoms with Crippen LogP contribution in [0.2, 0.25) is 0 Å². The maximum Gasteiger partial charge on any atom is 0.255 e. The second-order valence-corrected chi connectivity index (χ2v) is 3.94. The summed E-state index contributed by atoms with van der Waals surface area (Å²) in [5, 5.41) is 11.6. The van der Waals surface area contributed by atoms with Crippen molar-refractivity contribution >= 4 is 11.6 Å². The van der Waals surface area contributed by atoms with Crippen LogP contribution in [0.1, 0.15) is 10.4 Å². The summed E-state index contributed by atoms with van der Waals surface area (Å²) in [6, 6.07) is 7.11. The number of phenolic OH excluding ortho intramolecular Hbond substituents is 1. The molecule has 0 aliphatic carbocycles. The summed E-state index contributed by atoms with van der Waals surface area (Å²) >= 11 is 0. The van der Waals surface area contributed by atoms with Gasteiger partial charge in [0.05, 0.1) is 7.11 Å². The molecule has 20 heavy (non-hydrogen) atoms. The molecule has 0 aliphatic heterocycles. The van der Waals surface area contributed by atoms with E-state index in [1.807, 2.05) is 0 Å². The Morgan fingerprint density at radius 1 is 1.20 bits per heavy atom. The largest absolute Gasteiger partial charge is 0.504 e. The lowest BCUT2D eigenvalue weighted by atomic mass is 10.2. The second-order valence-electron chi connectivity index (χ2n) is 3.94. The van der Waals surface area contributed by atoms with E-state index in [2.05, 4.69) is 5.32 Å². The molecule has 0 bridgehead atoms. The van der Waals surface area contributed by atoms with E-state index >= 15 is 0 Å². The Bertz CT molecular complexity index is 639. The van der Waals surface area contributed by atoms with Crippen molar-refractivity contribution in [2.45, 2.75) is 0 Å². The SMILES string of the molecule is COc1cc(C(=O)Nc2c(F)cccc2F)ccc1O. The molecule has 2 aromatic carbocycles. The van der Waals surface area contributed by atoms with Gasteiger partial charge in [0.25, 0.3) is 5.91 Å². The number of para-hydroxylation sites is 1. The molecule has 2 rings (SSSR count). The molecule has 104 valence electrons. The summed E-state index contributed by atoms with van der Waals surface area (Å²) in [4.78, 5) is 11.9. The van der Waals surface area contributed by atoms with Crippen molar-refractivity contribution in [3.05, 3.63) is 53.6 Å². The van der Waals surface area contributed by atoms with Gasteiger partial charge in [-0.25, -0.2) is 8.78 Å². The van der Waals surface area contributed by atoms with Crippen LogP contribution in [0.25, 0.3) is 0 Å². The van der Waals surface area contributed by atoms with E-state index in [4.69, 9.17) is 4.74 Å². The molecule has 2 aromatic rings. The van der Waals surface area contributed by atoms with Crippen LogP contribution in [-0.4, -0.2) is 18.1 Å². The molecular formula is C14H11F2NO3. The molecule has 0 spiro atoms. The van der Waals surface area contributed by atoms with Gasteiger partial charge in [0.15, 0.2) is 11.5 Å². The van der Waals surface area contributed by atoms with Gasteiger partial charge in [-0.05, 0) is 30.3 Å². The molecule has 4 nitrogen and oxygen atoms in total. The molecule has 0 heterocycles. The highest BCUT2D eigenvalue weighted by Crippen LogP contribution is 2.27. The van der Waals surface area contributed by atoms with Gasteiger partial charge in [-0.3, -0.25) is 4.79 Å². The number of ether oxygens (including phenoxy) is 1. The van der Waals surface area contributed by atoms with Gasteiger partial charge in [-0.2, -0.15) is 0 Å². The van der Waals surface area contributed by atoms with E-state index in [1.165, 1.54) is 31.4 Å². The monoisotopic (exact) mass is 279 g/mol. The fourth-order valence-corrected chi connectivity index (χ4v) is 1.62. The number of hydrogen-bond acceptors (Lipinski definition) is 3. The molecule has 0 fully saturated rings. The highest BCUT2D eigenvalue weighted by Gasteiger charge is 2.14. The van der Waals surface area contributed by atoms with Crippen LogP contribution < -0.4 is 10.1 Å². The van der Waals surface area contributed by atoms with Gasteiger partial charge in [0.1, 0.15) is 17.3 Å². The van der Waals surface area contributed by atoms with Gasteiger partial charge in [-0.1, -0.05) is 6.07 Å². The van der Waals surface area contributed by atoms with Crippen LogP contribution in [0.4, 0.5) is 14.5 Å². The van der Waals surface area contributed by atoms with E-state index < -0.39 is 23.2 Å². The standard InChI is InChI=1S/C14H11F2NO3/c1-20-12-7-8(5-6-11(12)18)14(19)17-13-9(15)3-2-4-10(13)16/h2-7,18H,1H3,(H,17,19). The predicted octanol–water partition coefficient (Wildman–Crippen LogP) is 2.93. The number of hydrogen-bond donors (Lipinski definition) is 2. The Kier molecular flexibility index (Phi) is 3.84. The first kappa shape index (κ1) is 13.8. The van der Waals surface area contributed by atoms with E-state index in [9.17, 15) is 18.7 Å². The molecule has 1 amide bonds. The summed E-state index contributed by atoms with van der Waals surface area (Å²) in [6.45, 7) is 0. The number of halogens is 2. The smallest absolute Gasteiger partial charge is 0.255 e. The van der Waals surface area contributed by atoms with Crippen LogP contribution in [0, 0.1) is 11.6 Å². The lowest BCUT2D eigenvalue weighted by molar-refractivity contribution is 0.102. The number of carbonyl (C=O) groups is 1. The summed E-state index contributed by atoms with van der Waals surface area (Å²) in [5.74, 6) is -2.51. The summed E-state index contributed by atoms with van der Waals surface area (Å²) < 4.78 is 31.7. The van der Waals surface area contributed by atoms with Gasteiger partial charge in [0, 0.05) is 5.56 Å². The lowest BCUT2D eigenvalue weighted by Crippen LogP contribution is -2.14. The Morgan fingerprint density at radius 2 is 1.85 bits per heavy atom. The number of methoxy groups -OCH3 is 1. The Morgan fingerprint density at radius 3 is 2.45 bits per heavy atom. The minimum absolute atomic E-state index is 0.0895. The van der Waals surface area contributed by atoms with Crippen molar-refractivity contribution in [3.63, 3.8) is 0 Å². The molecule has 2 N–H and O–H groups in total. The van der Waals surface area contributed by atoms with Crippen LogP contribution in [0.3, 0.4) is 0 Å². The third-order valence-electron chi connectivity index (χ3n) is 2.64. The molecule has 0 unspecified atom stereocenters. The first-order chi connectivity index (χ1) is 9.52. The minimum atomic E-state index is -0.871. The fourth-order valence-electron chi connectivity index (χ4n) is 1.62. The Labute approximate surface area is 113 Å². The van der Waals surface area contributed by atoms with Crippen LogP contribution in [0.15, 0.2) is 36.4 Å².